The molecule has 0 atom stereocenters. The minimum atomic E-state index is -0.787. The Hall–Kier alpha value is -1.36. The lowest BCUT2D eigenvalue weighted by Crippen LogP contribution is -1.99. The van der Waals surface area contributed by atoms with E-state index in [1.807, 2.05) is 18.4 Å². The third-order valence-electron chi connectivity index (χ3n) is 2.39. The van der Waals surface area contributed by atoms with Gasteiger partial charge in [-0.3, -0.25) is 4.79 Å². The van der Waals surface area contributed by atoms with Crippen molar-refractivity contribution in [2.24, 2.45) is 0 Å². The van der Waals surface area contributed by atoms with Gasteiger partial charge in [0, 0.05) is 6.42 Å². The second-order valence-electron chi connectivity index (χ2n) is 3.39. The van der Waals surface area contributed by atoms with E-state index < -0.39 is 5.97 Å². The number of carboxylic acids is 1. The Morgan fingerprint density at radius 3 is 3.00 bits per heavy atom. The topological polar surface area (TPSA) is 55.8 Å². The molecule has 16 heavy (non-hydrogen) atoms. The Morgan fingerprint density at radius 2 is 2.31 bits per heavy atom. The highest BCUT2D eigenvalue weighted by Crippen LogP contribution is 2.42. The van der Waals surface area contributed by atoms with E-state index in [0.717, 1.165) is 22.0 Å². The fraction of sp³-hybridized carbons (Fsp3) is 0.364. The van der Waals surface area contributed by atoms with Gasteiger partial charge >= 0.3 is 5.97 Å². The fourth-order valence-electron chi connectivity index (χ4n) is 1.65. The van der Waals surface area contributed by atoms with Crippen molar-refractivity contribution in [1.82, 2.24) is 0 Å². The maximum Gasteiger partial charge on any atom is 0.303 e. The molecule has 0 aliphatic carbocycles. The van der Waals surface area contributed by atoms with Gasteiger partial charge in [0.1, 0.15) is 0 Å². The summed E-state index contributed by atoms with van der Waals surface area (Å²) in [6.45, 7) is 0.241. The van der Waals surface area contributed by atoms with Gasteiger partial charge in [-0.05, 0) is 24.3 Å². The first kappa shape index (κ1) is 11.1. The van der Waals surface area contributed by atoms with Crippen molar-refractivity contribution in [3.05, 3.63) is 17.7 Å². The third-order valence-corrected chi connectivity index (χ3v) is 3.24. The number of aryl methyl sites for hydroxylation is 1. The maximum absolute atomic E-state index is 10.5. The molecular formula is C11H12O4S. The lowest BCUT2D eigenvalue weighted by atomic mass is 10.1. The van der Waals surface area contributed by atoms with Crippen LogP contribution in [0.3, 0.4) is 0 Å². The monoisotopic (exact) mass is 240 g/mol. The van der Waals surface area contributed by atoms with Crippen LogP contribution in [0.15, 0.2) is 17.0 Å². The average Bonchev–Trinajstić information content (AvgIpc) is 2.73. The zero-order valence-corrected chi connectivity index (χ0v) is 9.67. The number of benzene rings is 1. The van der Waals surface area contributed by atoms with Gasteiger partial charge in [0.2, 0.25) is 6.79 Å². The van der Waals surface area contributed by atoms with E-state index in [0.29, 0.717) is 6.42 Å². The largest absolute Gasteiger partial charge is 0.481 e. The minimum Gasteiger partial charge on any atom is -0.481 e. The van der Waals surface area contributed by atoms with Crippen molar-refractivity contribution in [3.63, 3.8) is 0 Å². The molecule has 1 aliphatic heterocycles. The van der Waals surface area contributed by atoms with Gasteiger partial charge in [-0.15, -0.1) is 11.8 Å². The van der Waals surface area contributed by atoms with Crippen LogP contribution in [0.5, 0.6) is 11.5 Å². The lowest BCUT2D eigenvalue weighted by molar-refractivity contribution is -0.136. The van der Waals surface area contributed by atoms with Crippen molar-refractivity contribution in [3.8, 4) is 11.5 Å². The van der Waals surface area contributed by atoms with Crippen LogP contribution in [0.25, 0.3) is 0 Å². The molecule has 0 unspecified atom stereocenters. The van der Waals surface area contributed by atoms with E-state index in [4.69, 9.17) is 14.6 Å². The molecular weight excluding hydrogens is 228 g/mol. The maximum atomic E-state index is 10.5. The van der Waals surface area contributed by atoms with Gasteiger partial charge in [0.15, 0.2) is 11.5 Å². The number of hydrogen-bond donors (Lipinski definition) is 1. The summed E-state index contributed by atoms with van der Waals surface area (Å²) in [6.07, 6.45) is 2.59. The Morgan fingerprint density at radius 1 is 1.50 bits per heavy atom. The van der Waals surface area contributed by atoms with Crippen LogP contribution >= 0.6 is 11.8 Å². The van der Waals surface area contributed by atoms with Gasteiger partial charge < -0.3 is 14.6 Å². The third kappa shape index (κ3) is 2.09. The standard InChI is InChI=1S/C11H12O4S/c1-16-11-7(3-5-9(12)13)2-4-8-10(11)15-6-14-8/h2,4H,3,5-6H2,1H3,(H,12,13). The van der Waals surface area contributed by atoms with E-state index >= 15 is 0 Å². The molecule has 0 fully saturated rings. The summed E-state index contributed by atoms with van der Waals surface area (Å²) in [7, 11) is 0. The summed E-state index contributed by atoms with van der Waals surface area (Å²) in [5.41, 5.74) is 0.999. The van der Waals surface area contributed by atoms with Crippen molar-refractivity contribution in [1.29, 1.82) is 0 Å². The molecule has 1 aromatic carbocycles. The van der Waals surface area contributed by atoms with Gasteiger partial charge in [0.05, 0.1) is 4.90 Å². The van der Waals surface area contributed by atoms with Crippen molar-refractivity contribution < 1.29 is 19.4 Å². The summed E-state index contributed by atoms with van der Waals surface area (Å²) in [4.78, 5) is 11.5. The van der Waals surface area contributed by atoms with Crippen LogP contribution in [0.1, 0.15) is 12.0 Å². The van der Waals surface area contributed by atoms with Crippen LogP contribution in [0.2, 0.25) is 0 Å². The number of fused-ring (bicyclic) bond motifs is 1. The fourth-order valence-corrected chi connectivity index (χ4v) is 2.43. The predicted octanol–water partition coefficient (Wildman–Crippen LogP) is 2.15. The smallest absolute Gasteiger partial charge is 0.303 e. The highest BCUT2D eigenvalue weighted by atomic mass is 32.2. The van der Waals surface area contributed by atoms with Crippen molar-refractivity contribution in [2.45, 2.75) is 17.7 Å². The normalized spacial score (nSPS) is 12.8. The quantitative estimate of drug-likeness (QED) is 0.817. The second kappa shape index (κ2) is 4.65. The van der Waals surface area contributed by atoms with Crippen LogP contribution in [-0.2, 0) is 11.2 Å². The molecule has 0 saturated heterocycles. The number of carboxylic acid groups (broad SMARTS) is 1. The highest BCUT2D eigenvalue weighted by molar-refractivity contribution is 7.98. The summed E-state index contributed by atoms with van der Waals surface area (Å²) < 4.78 is 10.6. The van der Waals surface area contributed by atoms with Gasteiger partial charge in [-0.25, -0.2) is 0 Å². The Labute approximate surface area is 97.6 Å². The molecule has 0 saturated carbocycles. The number of hydrogen-bond acceptors (Lipinski definition) is 4. The number of carbonyl (C=O) groups is 1. The SMILES string of the molecule is CSc1c(CCC(=O)O)ccc2c1OCO2. The first-order valence-corrected chi connectivity index (χ1v) is 6.12. The van der Waals surface area contributed by atoms with E-state index in [1.165, 1.54) is 0 Å². The summed E-state index contributed by atoms with van der Waals surface area (Å²) in [5, 5.41) is 8.67. The average molecular weight is 240 g/mol. The van der Waals surface area contributed by atoms with Crippen molar-refractivity contribution >= 4 is 17.7 Å². The van der Waals surface area contributed by atoms with E-state index in [9.17, 15) is 4.79 Å². The number of aliphatic carboxylic acids is 1. The first-order valence-electron chi connectivity index (χ1n) is 4.89. The van der Waals surface area contributed by atoms with Crippen LogP contribution in [-0.4, -0.2) is 24.1 Å². The molecule has 2 rings (SSSR count). The van der Waals surface area contributed by atoms with E-state index in [1.54, 1.807) is 11.8 Å². The zero-order chi connectivity index (χ0) is 11.5. The van der Waals surface area contributed by atoms with Crippen molar-refractivity contribution in [2.75, 3.05) is 13.0 Å². The Kier molecular flexibility index (Phi) is 3.24. The molecule has 4 nitrogen and oxygen atoms in total. The molecule has 86 valence electrons. The molecule has 1 heterocycles. The number of rotatable bonds is 4. The predicted molar refractivity (Wildman–Crippen MR) is 60.3 cm³/mol. The van der Waals surface area contributed by atoms with Crippen LogP contribution in [0.4, 0.5) is 0 Å². The van der Waals surface area contributed by atoms with Gasteiger partial charge in [-0.2, -0.15) is 0 Å². The van der Waals surface area contributed by atoms with Crippen LogP contribution in [0, 0.1) is 0 Å². The Bertz CT molecular complexity index is 417. The van der Waals surface area contributed by atoms with E-state index in [-0.39, 0.29) is 13.2 Å². The van der Waals surface area contributed by atoms with Gasteiger partial charge in [-0.1, -0.05) is 6.07 Å². The zero-order valence-electron chi connectivity index (χ0n) is 8.86. The molecule has 0 bridgehead atoms. The molecule has 0 radical (unpaired) electrons. The van der Waals surface area contributed by atoms with Crippen LogP contribution < -0.4 is 9.47 Å². The minimum absolute atomic E-state index is 0.132. The first-order chi connectivity index (χ1) is 7.72. The summed E-state index contributed by atoms with van der Waals surface area (Å²) >= 11 is 1.55. The molecule has 0 aromatic heterocycles. The molecule has 5 heteroatoms. The number of thioether (sulfide) groups is 1. The molecule has 1 aromatic rings. The molecule has 0 amide bonds. The summed E-state index contributed by atoms with van der Waals surface area (Å²) in [6, 6.07) is 3.74. The summed E-state index contributed by atoms with van der Waals surface area (Å²) in [5.74, 6) is 0.698. The lowest BCUT2D eigenvalue weighted by Gasteiger charge is -2.09. The molecule has 0 spiro atoms. The van der Waals surface area contributed by atoms with Gasteiger partial charge in [0.25, 0.3) is 0 Å². The second-order valence-corrected chi connectivity index (χ2v) is 4.20. The Balaban J connectivity index is 2.28. The van der Waals surface area contributed by atoms with E-state index in [2.05, 4.69) is 0 Å². The highest BCUT2D eigenvalue weighted by Gasteiger charge is 2.20. The molecule has 1 N–H and O–H groups in total. The number of ether oxygens (including phenoxy) is 2. The molecule has 1 aliphatic rings.